The Kier molecular flexibility index (Phi) is 6.89. The molecule has 1 aliphatic rings. The molecule has 0 heterocycles. The van der Waals surface area contributed by atoms with Crippen LogP contribution in [-0.2, 0) is 9.59 Å². The molecule has 0 atom stereocenters. The van der Waals surface area contributed by atoms with Gasteiger partial charge in [0, 0.05) is 26.1 Å². The Morgan fingerprint density at radius 3 is 1.95 bits per heavy atom. The number of amides is 2. The molecule has 4 nitrogen and oxygen atoms in total. The van der Waals surface area contributed by atoms with E-state index in [1.165, 1.54) is 25.7 Å². The van der Waals surface area contributed by atoms with Crippen LogP contribution < -0.4 is 0 Å². The fourth-order valence-corrected chi connectivity index (χ4v) is 2.89. The van der Waals surface area contributed by atoms with Crippen molar-refractivity contribution < 1.29 is 9.59 Å². The van der Waals surface area contributed by atoms with Gasteiger partial charge in [0.15, 0.2) is 0 Å². The van der Waals surface area contributed by atoms with Crippen LogP contribution in [0, 0.1) is 0 Å². The summed E-state index contributed by atoms with van der Waals surface area (Å²) in [5, 5.41) is 0. The summed E-state index contributed by atoms with van der Waals surface area (Å²) in [5.41, 5.74) is 0. The first-order valence-corrected chi connectivity index (χ1v) is 7.65. The maximum atomic E-state index is 12.2. The molecular formula is C15H28N2O2. The van der Waals surface area contributed by atoms with Gasteiger partial charge in [-0.05, 0) is 26.7 Å². The summed E-state index contributed by atoms with van der Waals surface area (Å²) in [4.78, 5) is 27.6. The van der Waals surface area contributed by atoms with Gasteiger partial charge in [-0.25, -0.2) is 0 Å². The van der Waals surface area contributed by atoms with Crippen LogP contribution >= 0.6 is 0 Å². The minimum Gasteiger partial charge on any atom is -0.342 e. The first kappa shape index (κ1) is 16.0. The molecule has 0 spiro atoms. The van der Waals surface area contributed by atoms with Crippen LogP contribution in [0.3, 0.4) is 0 Å². The highest BCUT2D eigenvalue weighted by Crippen LogP contribution is 2.22. The van der Waals surface area contributed by atoms with Crippen LogP contribution in [0.2, 0.25) is 0 Å². The van der Waals surface area contributed by atoms with Gasteiger partial charge in [0.05, 0.1) is 6.54 Å². The molecule has 0 aliphatic heterocycles. The lowest BCUT2D eigenvalue weighted by atomic mass is 10.1. The number of rotatable bonds is 5. The van der Waals surface area contributed by atoms with Crippen LogP contribution in [0.1, 0.15) is 59.3 Å². The molecule has 2 amide bonds. The van der Waals surface area contributed by atoms with E-state index < -0.39 is 0 Å². The van der Waals surface area contributed by atoms with Crippen molar-refractivity contribution in [2.24, 2.45) is 0 Å². The average Bonchev–Trinajstić information content (AvgIpc) is 2.65. The van der Waals surface area contributed by atoms with Crippen molar-refractivity contribution in [2.75, 3.05) is 19.6 Å². The van der Waals surface area contributed by atoms with E-state index in [-0.39, 0.29) is 24.4 Å². The van der Waals surface area contributed by atoms with Crippen molar-refractivity contribution in [1.82, 2.24) is 9.80 Å². The van der Waals surface area contributed by atoms with Crippen molar-refractivity contribution in [3.05, 3.63) is 0 Å². The molecule has 0 radical (unpaired) electrons. The van der Waals surface area contributed by atoms with Crippen LogP contribution in [0.15, 0.2) is 0 Å². The summed E-state index contributed by atoms with van der Waals surface area (Å²) in [6, 6.07) is 0.263. The van der Waals surface area contributed by atoms with Gasteiger partial charge in [-0.15, -0.1) is 0 Å². The molecule has 1 fully saturated rings. The van der Waals surface area contributed by atoms with Crippen molar-refractivity contribution in [3.8, 4) is 0 Å². The van der Waals surface area contributed by atoms with Crippen molar-refractivity contribution in [3.63, 3.8) is 0 Å². The molecule has 0 N–H and O–H groups in total. The molecular weight excluding hydrogens is 240 g/mol. The smallest absolute Gasteiger partial charge is 0.242 e. The minimum atomic E-state index is 0.0346. The zero-order chi connectivity index (χ0) is 14.3. The third-order valence-electron chi connectivity index (χ3n) is 4.09. The molecule has 1 aliphatic carbocycles. The lowest BCUT2D eigenvalue weighted by Gasteiger charge is -2.31. The predicted molar refractivity (Wildman–Crippen MR) is 76.8 cm³/mol. The van der Waals surface area contributed by atoms with E-state index in [1.54, 1.807) is 16.7 Å². The van der Waals surface area contributed by atoms with E-state index in [0.29, 0.717) is 13.1 Å². The van der Waals surface area contributed by atoms with E-state index in [2.05, 4.69) is 0 Å². The molecule has 1 rings (SSSR count). The highest BCUT2D eigenvalue weighted by molar-refractivity contribution is 5.84. The molecule has 0 aromatic heterocycles. The van der Waals surface area contributed by atoms with Crippen LogP contribution in [0.5, 0.6) is 0 Å². The van der Waals surface area contributed by atoms with Crippen molar-refractivity contribution >= 4 is 11.8 Å². The summed E-state index contributed by atoms with van der Waals surface area (Å²) in [6.07, 6.45) is 6.95. The van der Waals surface area contributed by atoms with Gasteiger partial charge in [0.25, 0.3) is 0 Å². The molecule has 0 unspecified atom stereocenters. The summed E-state index contributed by atoms with van der Waals surface area (Å²) in [5.74, 6) is 0.108. The third-order valence-corrected chi connectivity index (χ3v) is 4.09. The normalized spacial score (nSPS) is 16.8. The number of hydrogen-bond donors (Lipinski definition) is 0. The van der Waals surface area contributed by atoms with E-state index >= 15 is 0 Å². The van der Waals surface area contributed by atoms with Gasteiger partial charge < -0.3 is 9.80 Å². The van der Waals surface area contributed by atoms with E-state index in [1.807, 2.05) is 13.8 Å². The second-order valence-electron chi connectivity index (χ2n) is 5.36. The van der Waals surface area contributed by atoms with Gasteiger partial charge >= 0.3 is 0 Å². The zero-order valence-corrected chi connectivity index (χ0v) is 12.7. The fraction of sp³-hybridized carbons (Fsp3) is 0.867. The Labute approximate surface area is 117 Å². The summed E-state index contributed by atoms with van der Waals surface area (Å²) >= 11 is 0. The van der Waals surface area contributed by atoms with Crippen molar-refractivity contribution in [2.45, 2.75) is 65.3 Å². The maximum Gasteiger partial charge on any atom is 0.242 e. The highest BCUT2D eigenvalue weighted by Gasteiger charge is 2.25. The number of carbonyl (C=O) groups excluding carboxylic acids is 2. The van der Waals surface area contributed by atoms with Crippen LogP contribution in [0.4, 0.5) is 0 Å². The fourth-order valence-electron chi connectivity index (χ4n) is 2.89. The number of carbonyl (C=O) groups is 2. The third kappa shape index (κ3) is 4.84. The lowest BCUT2D eigenvalue weighted by molar-refractivity contribution is -0.141. The van der Waals surface area contributed by atoms with Crippen LogP contribution in [0.25, 0.3) is 0 Å². The molecule has 4 heteroatoms. The maximum absolute atomic E-state index is 12.2. The Bertz CT molecular complexity index is 293. The van der Waals surface area contributed by atoms with E-state index in [9.17, 15) is 9.59 Å². The molecule has 0 saturated heterocycles. The van der Waals surface area contributed by atoms with Gasteiger partial charge in [-0.1, -0.05) is 25.7 Å². The van der Waals surface area contributed by atoms with E-state index in [0.717, 1.165) is 12.8 Å². The molecule has 19 heavy (non-hydrogen) atoms. The molecule has 1 saturated carbocycles. The summed E-state index contributed by atoms with van der Waals surface area (Å²) in [7, 11) is 0. The minimum absolute atomic E-state index is 0.0346. The highest BCUT2D eigenvalue weighted by atomic mass is 16.2. The second-order valence-corrected chi connectivity index (χ2v) is 5.36. The van der Waals surface area contributed by atoms with E-state index in [4.69, 9.17) is 0 Å². The quantitative estimate of drug-likeness (QED) is 0.719. The van der Waals surface area contributed by atoms with Gasteiger partial charge in [-0.3, -0.25) is 9.59 Å². The summed E-state index contributed by atoms with van der Waals surface area (Å²) < 4.78 is 0. The molecule has 0 aromatic rings. The van der Waals surface area contributed by atoms with Crippen LogP contribution in [-0.4, -0.2) is 47.3 Å². The molecule has 0 bridgehead atoms. The first-order valence-electron chi connectivity index (χ1n) is 7.65. The predicted octanol–water partition coefficient (Wildman–Crippen LogP) is 2.43. The Morgan fingerprint density at radius 1 is 1.00 bits per heavy atom. The topological polar surface area (TPSA) is 40.6 Å². The second kappa shape index (κ2) is 8.18. The SMILES string of the molecule is CCN(CC)C(=O)CN(C(C)=O)C1CCCCCC1. The largest absolute Gasteiger partial charge is 0.342 e. The first-order chi connectivity index (χ1) is 9.10. The standard InChI is InChI=1S/C15H28N2O2/c1-4-16(5-2)15(19)12-17(13(3)18)14-10-8-6-7-9-11-14/h14H,4-12H2,1-3H3. The molecule has 110 valence electrons. The Hall–Kier alpha value is -1.06. The lowest BCUT2D eigenvalue weighted by Crippen LogP contribution is -2.46. The van der Waals surface area contributed by atoms with Gasteiger partial charge in [0.1, 0.15) is 0 Å². The number of likely N-dealkylation sites (N-methyl/N-ethyl adjacent to an activating group) is 1. The zero-order valence-electron chi connectivity index (χ0n) is 12.7. The Morgan fingerprint density at radius 2 is 1.53 bits per heavy atom. The Balaban J connectivity index is 2.66. The van der Waals surface area contributed by atoms with Gasteiger partial charge in [0.2, 0.25) is 11.8 Å². The number of nitrogens with zero attached hydrogens (tertiary/aromatic N) is 2. The van der Waals surface area contributed by atoms with Crippen molar-refractivity contribution in [1.29, 1.82) is 0 Å². The number of hydrogen-bond acceptors (Lipinski definition) is 2. The van der Waals surface area contributed by atoms with Gasteiger partial charge in [-0.2, -0.15) is 0 Å². The molecule has 0 aromatic carbocycles. The average molecular weight is 268 g/mol. The monoisotopic (exact) mass is 268 g/mol. The summed E-state index contributed by atoms with van der Waals surface area (Å²) in [6.45, 7) is 7.22.